The van der Waals surface area contributed by atoms with Crippen LogP contribution in [-0.2, 0) is 32.0 Å². The Bertz CT molecular complexity index is 1100. The number of carboxylic acids is 1. The molecule has 2 aromatic rings. The summed E-state index contributed by atoms with van der Waals surface area (Å²) in [6.45, 7) is 5.01. The average Bonchev–Trinajstić information content (AvgIpc) is 3.20. The van der Waals surface area contributed by atoms with Crippen molar-refractivity contribution in [2.75, 3.05) is 17.6 Å². The fourth-order valence-corrected chi connectivity index (χ4v) is 5.21. The maximum atomic E-state index is 13.3. The number of nitrogens with zero attached hydrogens (tertiary/aromatic N) is 1. The van der Waals surface area contributed by atoms with E-state index in [0.717, 1.165) is 5.56 Å². The van der Waals surface area contributed by atoms with Gasteiger partial charge in [0.2, 0.25) is 5.91 Å². The Morgan fingerprint density at radius 1 is 1.06 bits per heavy atom. The van der Waals surface area contributed by atoms with Gasteiger partial charge in [-0.1, -0.05) is 42.5 Å². The minimum Gasteiger partial charge on any atom is -0.481 e. The SMILES string of the molecule is CC(C)(C)OC(=O)[C@@H]1CS[C@H](Cc2ccccc2)N1C(=O)CNC(=O)Nc1cccc(CC(=O)O)c1. The summed E-state index contributed by atoms with van der Waals surface area (Å²) in [5.41, 5.74) is 1.28. The number of carbonyl (C=O) groups excluding carboxylic acids is 3. The average molecular weight is 514 g/mol. The quantitative estimate of drug-likeness (QED) is 0.463. The van der Waals surface area contributed by atoms with Gasteiger partial charge in [-0.05, 0) is 44.0 Å². The summed E-state index contributed by atoms with van der Waals surface area (Å²) in [6, 6.07) is 14.8. The predicted octanol–water partition coefficient (Wildman–Crippen LogP) is 3.29. The van der Waals surface area contributed by atoms with Crippen LogP contribution in [0.5, 0.6) is 0 Å². The number of hydrogen-bond donors (Lipinski definition) is 3. The molecule has 0 unspecified atom stereocenters. The van der Waals surface area contributed by atoms with E-state index in [1.165, 1.54) is 16.7 Å². The molecule has 10 heteroatoms. The first-order valence-electron chi connectivity index (χ1n) is 11.6. The normalized spacial score (nSPS) is 17.4. The number of aliphatic carboxylic acids is 1. The number of rotatable bonds is 8. The van der Waals surface area contributed by atoms with Gasteiger partial charge in [0.25, 0.3) is 0 Å². The van der Waals surface area contributed by atoms with Crippen molar-refractivity contribution >= 4 is 41.3 Å². The molecule has 0 spiro atoms. The molecule has 3 rings (SSSR count). The van der Waals surface area contributed by atoms with Crippen LogP contribution in [-0.4, -0.2) is 63.2 Å². The van der Waals surface area contributed by atoms with E-state index in [1.54, 1.807) is 45.0 Å². The van der Waals surface area contributed by atoms with Crippen molar-refractivity contribution in [2.24, 2.45) is 0 Å². The number of ether oxygens (including phenoxy) is 1. The van der Waals surface area contributed by atoms with E-state index in [9.17, 15) is 19.2 Å². The second kappa shape index (κ2) is 11.9. The lowest BCUT2D eigenvalue weighted by molar-refractivity contribution is -0.163. The number of thioether (sulfide) groups is 1. The van der Waals surface area contributed by atoms with Gasteiger partial charge in [-0.2, -0.15) is 0 Å². The van der Waals surface area contributed by atoms with Crippen LogP contribution < -0.4 is 10.6 Å². The van der Waals surface area contributed by atoms with Crippen LogP contribution >= 0.6 is 11.8 Å². The number of carboxylic acid groups (broad SMARTS) is 1. The van der Waals surface area contributed by atoms with Crippen molar-refractivity contribution in [3.8, 4) is 0 Å². The van der Waals surface area contributed by atoms with Crippen LogP contribution in [0.1, 0.15) is 31.9 Å². The lowest BCUT2D eigenvalue weighted by Gasteiger charge is -2.30. The molecular formula is C26H31N3O6S. The molecule has 192 valence electrons. The van der Waals surface area contributed by atoms with Crippen molar-refractivity contribution in [3.63, 3.8) is 0 Å². The summed E-state index contributed by atoms with van der Waals surface area (Å²) < 4.78 is 5.56. The maximum absolute atomic E-state index is 13.3. The molecule has 0 saturated carbocycles. The Morgan fingerprint density at radius 2 is 1.75 bits per heavy atom. The molecule has 1 heterocycles. The smallest absolute Gasteiger partial charge is 0.330 e. The molecule has 36 heavy (non-hydrogen) atoms. The van der Waals surface area contributed by atoms with E-state index in [-0.39, 0.29) is 18.3 Å². The van der Waals surface area contributed by atoms with E-state index in [0.29, 0.717) is 23.4 Å². The highest BCUT2D eigenvalue weighted by Gasteiger charge is 2.43. The number of esters is 1. The highest BCUT2D eigenvalue weighted by Crippen LogP contribution is 2.33. The summed E-state index contributed by atoms with van der Waals surface area (Å²) in [4.78, 5) is 51.0. The summed E-state index contributed by atoms with van der Waals surface area (Å²) in [5, 5.41) is 13.8. The lowest BCUT2D eigenvalue weighted by Crippen LogP contribution is -2.51. The first kappa shape index (κ1) is 27.1. The van der Waals surface area contributed by atoms with Gasteiger partial charge in [-0.15, -0.1) is 11.8 Å². The number of carbonyl (C=O) groups is 4. The first-order valence-corrected chi connectivity index (χ1v) is 12.6. The van der Waals surface area contributed by atoms with Crippen LogP contribution in [0.2, 0.25) is 0 Å². The predicted molar refractivity (Wildman–Crippen MR) is 138 cm³/mol. The van der Waals surface area contributed by atoms with E-state index >= 15 is 0 Å². The van der Waals surface area contributed by atoms with E-state index in [4.69, 9.17) is 9.84 Å². The molecule has 3 N–H and O–H groups in total. The molecular weight excluding hydrogens is 482 g/mol. The van der Waals surface area contributed by atoms with Gasteiger partial charge >= 0.3 is 18.0 Å². The van der Waals surface area contributed by atoms with Gasteiger partial charge < -0.3 is 25.4 Å². The van der Waals surface area contributed by atoms with Crippen LogP contribution in [0.15, 0.2) is 54.6 Å². The van der Waals surface area contributed by atoms with Gasteiger partial charge in [0.05, 0.1) is 18.3 Å². The molecule has 2 atom stereocenters. The fourth-order valence-electron chi connectivity index (χ4n) is 3.78. The summed E-state index contributed by atoms with van der Waals surface area (Å²) in [6.07, 6.45) is 0.385. The standard InChI is InChI=1S/C26H31N3O6S/c1-26(2,3)35-24(33)20-16-36-22(13-17-8-5-4-6-9-17)29(20)21(30)15-27-25(34)28-19-11-7-10-18(12-19)14-23(31)32/h4-12,20,22H,13-16H2,1-3H3,(H,31,32)(H2,27,28,34)/t20-,22+/m0/s1. The van der Waals surface area contributed by atoms with Crippen molar-refractivity contribution in [1.82, 2.24) is 10.2 Å². The van der Waals surface area contributed by atoms with Crippen LogP contribution in [0.4, 0.5) is 10.5 Å². The molecule has 0 aliphatic carbocycles. The van der Waals surface area contributed by atoms with Gasteiger partial charge in [0.15, 0.2) is 0 Å². The van der Waals surface area contributed by atoms with Gasteiger partial charge in [0, 0.05) is 17.9 Å². The van der Waals surface area contributed by atoms with Crippen molar-refractivity contribution in [2.45, 2.75) is 50.6 Å². The zero-order valence-electron chi connectivity index (χ0n) is 20.5. The van der Waals surface area contributed by atoms with Crippen LogP contribution in [0.3, 0.4) is 0 Å². The zero-order chi connectivity index (χ0) is 26.3. The van der Waals surface area contributed by atoms with E-state index in [1.807, 2.05) is 30.3 Å². The highest BCUT2D eigenvalue weighted by atomic mass is 32.2. The topological polar surface area (TPSA) is 125 Å². The minimum atomic E-state index is -0.977. The first-order chi connectivity index (χ1) is 17.0. The highest BCUT2D eigenvalue weighted by molar-refractivity contribution is 8.00. The number of benzene rings is 2. The van der Waals surface area contributed by atoms with Gasteiger partial charge in [-0.3, -0.25) is 9.59 Å². The van der Waals surface area contributed by atoms with Crippen LogP contribution in [0.25, 0.3) is 0 Å². The molecule has 1 saturated heterocycles. The third-order valence-electron chi connectivity index (χ3n) is 5.25. The maximum Gasteiger partial charge on any atom is 0.330 e. The second-order valence-corrected chi connectivity index (χ2v) is 10.6. The number of anilines is 1. The molecule has 2 aromatic carbocycles. The monoisotopic (exact) mass is 513 g/mol. The summed E-state index contributed by atoms with van der Waals surface area (Å²) in [5.74, 6) is -1.44. The molecule has 1 fully saturated rings. The number of hydrogen-bond acceptors (Lipinski definition) is 6. The second-order valence-electron chi connectivity index (χ2n) is 9.41. The largest absolute Gasteiger partial charge is 0.481 e. The minimum absolute atomic E-state index is 0.170. The Morgan fingerprint density at radius 3 is 2.42 bits per heavy atom. The molecule has 1 aliphatic heterocycles. The van der Waals surface area contributed by atoms with Crippen LogP contribution in [0, 0.1) is 0 Å². The van der Waals surface area contributed by atoms with Gasteiger partial charge in [-0.25, -0.2) is 9.59 Å². The Labute approximate surface area is 214 Å². The Kier molecular flexibility index (Phi) is 8.98. The molecule has 0 radical (unpaired) electrons. The summed E-state index contributed by atoms with van der Waals surface area (Å²) >= 11 is 1.51. The number of nitrogens with one attached hydrogen (secondary N) is 2. The molecule has 9 nitrogen and oxygen atoms in total. The third kappa shape index (κ3) is 8.01. The molecule has 1 aliphatic rings. The van der Waals surface area contributed by atoms with Gasteiger partial charge in [0.1, 0.15) is 11.6 Å². The lowest BCUT2D eigenvalue weighted by atomic mass is 10.1. The molecule has 0 aromatic heterocycles. The Hall–Kier alpha value is -3.53. The Balaban J connectivity index is 1.67. The van der Waals surface area contributed by atoms with Crippen molar-refractivity contribution in [3.05, 3.63) is 65.7 Å². The fraction of sp³-hybridized carbons (Fsp3) is 0.385. The van der Waals surface area contributed by atoms with Crippen molar-refractivity contribution in [1.29, 1.82) is 0 Å². The van der Waals surface area contributed by atoms with E-state index in [2.05, 4.69) is 10.6 Å². The molecule has 3 amide bonds. The third-order valence-corrected chi connectivity index (χ3v) is 6.54. The van der Waals surface area contributed by atoms with Crippen molar-refractivity contribution < 1.29 is 29.0 Å². The molecule has 0 bridgehead atoms. The zero-order valence-corrected chi connectivity index (χ0v) is 21.3. The number of amides is 3. The number of urea groups is 1. The summed E-state index contributed by atoms with van der Waals surface area (Å²) in [7, 11) is 0. The van der Waals surface area contributed by atoms with E-state index < -0.39 is 35.5 Å².